The maximum atomic E-state index is 11.7. The summed E-state index contributed by atoms with van der Waals surface area (Å²) in [7, 11) is 1.57. The Bertz CT molecular complexity index is 552. The van der Waals surface area contributed by atoms with Gasteiger partial charge in [-0.1, -0.05) is 6.07 Å². The number of benzene rings is 1. The van der Waals surface area contributed by atoms with Crippen molar-refractivity contribution in [3.8, 4) is 5.75 Å². The zero-order chi connectivity index (χ0) is 13.0. The Kier molecular flexibility index (Phi) is 3.42. The zero-order valence-corrected chi connectivity index (χ0v) is 9.83. The number of hydrogen-bond acceptors (Lipinski definition) is 5. The molecule has 18 heavy (non-hydrogen) atoms. The molecule has 94 valence electrons. The first-order valence-electron chi connectivity index (χ1n) is 5.26. The molecule has 0 bridgehead atoms. The Hall–Kier alpha value is -2.57. The van der Waals surface area contributed by atoms with Gasteiger partial charge in [-0.25, -0.2) is 9.67 Å². The third-order valence-electron chi connectivity index (χ3n) is 2.21. The number of nitrogens with one attached hydrogen (secondary N) is 1. The van der Waals surface area contributed by atoms with E-state index in [0.29, 0.717) is 11.4 Å². The first kappa shape index (κ1) is 11.9. The maximum absolute atomic E-state index is 11.7. The Morgan fingerprint density at radius 2 is 2.39 bits per heavy atom. The minimum atomic E-state index is -0.215. The molecule has 1 amide bonds. The molecule has 0 aliphatic heterocycles. The third-order valence-corrected chi connectivity index (χ3v) is 2.21. The third kappa shape index (κ3) is 2.97. The summed E-state index contributed by atoms with van der Waals surface area (Å²) in [6.45, 7) is 0.0570. The Balaban J connectivity index is 1.98. The van der Waals surface area contributed by atoms with Crippen LogP contribution in [0, 0.1) is 0 Å². The minimum absolute atomic E-state index is 0.0570. The molecular weight excluding hydrogens is 234 g/mol. The highest BCUT2D eigenvalue weighted by atomic mass is 16.5. The van der Waals surface area contributed by atoms with Gasteiger partial charge in [0.15, 0.2) is 0 Å². The molecule has 0 saturated carbocycles. The van der Waals surface area contributed by atoms with Crippen molar-refractivity contribution >= 4 is 17.5 Å². The van der Waals surface area contributed by atoms with Gasteiger partial charge in [0.1, 0.15) is 18.6 Å². The van der Waals surface area contributed by atoms with E-state index in [9.17, 15) is 4.79 Å². The van der Waals surface area contributed by atoms with Gasteiger partial charge in [0.05, 0.1) is 7.11 Å². The SMILES string of the molecule is COc1cccc(NC(=O)Cn2cnc(N)n2)c1. The van der Waals surface area contributed by atoms with Gasteiger partial charge in [0.2, 0.25) is 11.9 Å². The monoisotopic (exact) mass is 247 g/mol. The second-order valence-corrected chi connectivity index (χ2v) is 3.58. The summed E-state index contributed by atoms with van der Waals surface area (Å²) < 4.78 is 6.43. The van der Waals surface area contributed by atoms with Crippen LogP contribution in [0.15, 0.2) is 30.6 Å². The van der Waals surface area contributed by atoms with Crippen molar-refractivity contribution in [3.63, 3.8) is 0 Å². The Morgan fingerprint density at radius 3 is 3.06 bits per heavy atom. The van der Waals surface area contributed by atoms with Gasteiger partial charge < -0.3 is 15.8 Å². The lowest BCUT2D eigenvalue weighted by Crippen LogP contribution is -2.19. The van der Waals surface area contributed by atoms with Crippen LogP contribution in [0.1, 0.15) is 0 Å². The molecule has 0 aliphatic carbocycles. The number of rotatable bonds is 4. The van der Waals surface area contributed by atoms with Crippen LogP contribution in [-0.2, 0) is 11.3 Å². The van der Waals surface area contributed by atoms with E-state index in [2.05, 4.69) is 15.4 Å². The van der Waals surface area contributed by atoms with E-state index >= 15 is 0 Å². The fraction of sp³-hybridized carbons (Fsp3) is 0.182. The predicted octanol–water partition coefficient (Wildman–Crippen LogP) is 0.508. The molecule has 2 rings (SSSR count). The molecule has 2 aromatic rings. The van der Waals surface area contributed by atoms with Crippen molar-refractivity contribution in [2.45, 2.75) is 6.54 Å². The number of hydrogen-bond donors (Lipinski definition) is 2. The highest BCUT2D eigenvalue weighted by Gasteiger charge is 2.05. The molecule has 0 spiro atoms. The number of nitrogens with two attached hydrogens (primary N) is 1. The number of aromatic nitrogens is 3. The summed E-state index contributed by atoms with van der Waals surface area (Å²) in [5.74, 6) is 0.607. The fourth-order valence-corrected chi connectivity index (χ4v) is 1.43. The first-order valence-corrected chi connectivity index (χ1v) is 5.26. The van der Waals surface area contributed by atoms with Gasteiger partial charge in [0, 0.05) is 11.8 Å². The number of carbonyl (C=O) groups is 1. The minimum Gasteiger partial charge on any atom is -0.497 e. The summed E-state index contributed by atoms with van der Waals surface area (Å²) in [6.07, 6.45) is 1.40. The molecular formula is C11H13N5O2. The molecule has 7 heteroatoms. The van der Waals surface area contributed by atoms with E-state index in [-0.39, 0.29) is 18.4 Å². The number of carbonyl (C=O) groups excluding carboxylic acids is 1. The summed E-state index contributed by atoms with van der Waals surface area (Å²) in [5, 5.41) is 6.55. The lowest BCUT2D eigenvalue weighted by atomic mass is 10.3. The van der Waals surface area contributed by atoms with Crippen LogP contribution in [0.2, 0.25) is 0 Å². The molecule has 7 nitrogen and oxygen atoms in total. The van der Waals surface area contributed by atoms with Crippen LogP contribution in [-0.4, -0.2) is 27.8 Å². The van der Waals surface area contributed by atoms with Crippen molar-refractivity contribution in [3.05, 3.63) is 30.6 Å². The summed E-state index contributed by atoms with van der Waals surface area (Å²) in [4.78, 5) is 15.4. The van der Waals surface area contributed by atoms with Crippen molar-refractivity contribution in [2.24, 2.45) is 0 Å². The van der Waals surface area contributed by atoms with E-state index in [0.717, 1.165) is 0 Å². The van der Waals surface area contributed by atoms with E-state index in [1.165, 1.54) is 11.0 Å². The average molecular weight is 247 g/mol. The maximum Gasteiger partial charge on any atom is 0.246 e. The van der Waals surface area contributed by atoms with Crippen molar-refractivity contribution < 1.29 is 9.53 Å². The van der Waals surface area contributed by atoms with Gasteiger partial charge >= 0.3 is 0 Å². The first-order chi connectivity index (χ1) is 8.67. The van der Waals surface area contributed by atoms with Crippen molar-refractivity contribution in [1.29, 1.82) is 0 Å². The number of ether oxygens (including phenoxy) is 1. The van der Waals surface area contributed by atoms with E-state index in [1.54, 1.807) is 31.4 Å². The van der Waals surface area contributed by atoms with Crippen LogP contribution in [0.25, 0.3) is 0 Å². The zero-order valence-electron chi connectivity index (χ0n) is 9.83. The van der Waals surface area contributed by atoms with Gasteiger partial charge in [-0.15, -0.1) is 5.10 Å². The van der Waals surface area contributed by atoms with Crippen LogP contribution >= 0.6 is 0 Å². The van der Waals surface area contributed by atoms with Crippen LogP contribution in [0.5, 0.6) is 5.75 Å². The Labute approximate surface area is 104 Å². The van der Waals surface area contributed by atoms with Gasteiger partial charge in [-0.2, -0.15) is 0 Å². The number of anilines is 2. The molecule has 0 aliphatic rings. The summed E-state index contributed by atoms with van der Waals surface area (Å²) in [6, 6.07) is 7.10. The number of methoxy groups -OCH3 is 1. The highest BCUT2D eigenvalue weighted by Crippen LogP contribution is 2.16. The van der Waals surface area contributed by atoms with E-state index in [1.807, 2.05) is 0 Å². The van der Waals surface area contributed by atoms with Crippen molar-refractivity contribution in [1.82, 2.24) is 14.8 Å². The standard InChI is InChI=1S/C11H13N5O2/c1-18-9-4-2-3-8(5-9)14-10(17)6-16-7-13-11(12)15-16/h2-5,7H,6H2,1H3,(H2,12,15)(H,14,17). The average Bonchev–Trinajstić information content (AvgIpc) is 2.74. The molecule has 1 heterocycles. The fourth-order valence-electron chi connectivity index (χ4n) is 1.43. The van der Waals surface area contributed by atoms with Gasteiger partial charge in [-0.3, -0.25) is 4.79 Å². The molecule has 1 aromatic carbocycles. The molecule has 1 aromatic heterocycles. The smallest absolute Gasteiger partial charge is 0.246 e. The van der Waals surface area contributed by atoms with E-state index in [4.69, 9.17) is 10.5 Å². The Morgan fingerprint density at radius 1 is 1.56 bits per heavy atom. The predicted molar refractivity (Wildman–Crippen MR) is 66.1 cm³/mol. The van der Waals surface area contributed by atoms with Crippen LogP contribution < -0.4 is 15.8 Å². The molecule has 0 fully saturated rings. The van der Waals surface area contributed by atoms with Gasteiger partial charge in [0.25, 0.3) is 0 Å². The van der Waals surface area contributed by atoms with E-state index < -0.39 is 0 Å². The summed E-state index contributed by atoms with van der Waals surface area (Å²) in [5.41, 5.74) is 6.01. The molecule has 0 saturated heterocycles. The van der Waals surface area contributed by atoms with Crippen LogP contribution in [0.4, 0.5) is 11.6 Å². The molecule has 0 unspecified atom stereocenters. The quantitative estimate of drug-likeness (QED) is 0.820. The molecule has 0 radical (unpaired) electrons. The lowest BCUT2D eigenvalue weighted by molar-refractivity contribution is -0.116. The van der Waals surface area contributed by atoms with Crippen molar-refractivity contribution in [2.75, 3.05) is 18.2 Å². The molecule has 0 atom stereocenters. The van der Waals surface area contributed by atoms with Gasteiger partial charge in [-0.05, 0) is 12.1 Å². The number of amides is 1. The molecule has 3 N–H and O–H groups in total. The lowest BCUT2D eigenvalue weighted by Gasteiger charge is -2.06. The second kappa shape index (κ2) is 5.17. The summed E-state index contributed by atoms with van der Waals surface area (Å²) >= 11 is 0. The normalized spacial score (nSPS) is 10.1. The second-order valence-electron chi connectivity index (χ2n) is 3.58. The number of nitrogen functional groups attached to an aromatic ring is 1. The van der Waals surface area contributed by atoms with Crippen LogP contribution in [0.3, 0.4) is 0 Å². The largest absolute Gasteiger partial charge is 0.497 e. The topological polar surface area (TPSA) is 95.1 Å². The number of nitrogens with zero attached hydrogens (tertiary/aromatic N) is 3. The highest BCUT2D eigenvalue weighted by molar-refractivity contribution is 5.90.